The van der Waals surface area contributed by atoms with Crippen LogP contribution in [0.15, 0.2) is 24.3 Å². The quantitative estimate of drug-likeness (QED) is 0.621. The van der Waals surface area contributed by atoms with Gasteiger partial charge in [0.15, 0.2) is 0 Å². The van der Waals surface area contributed by atoms with E-state index in [-0.39, 0.29) is 0 Å². The van der Waals surface area contributed by atoms with Crippen molar-refractivity contribution in [1.82, 2.24) is 4.90 Å². The van der Waals surface area contributed by atoms with Crippen LogP contribution in [0, 0.1) is 17.8 Å². The summed E-state index contributed by atoms with van der Waals surface area (Å²) in [4.78, 5) is 2.23. The molecule has 0 aliphatic heterocycles. The molecule has 2 fully saturated rings. The molecule has 3 unspecified atom stereocenters. The van der Waals surface area contributed by atoms with Crippen LogP contribution in [0.1, 0.15) is 49.7 Å². The van der Waals surface area contributed by atoms with Crippen LogP contribution in [-0.2, 0) is 17.8 Å². The topological polar surface area (TPSA) is 12.5 Å². The first kappa shape index (κ1) is 17.0. The van der Waals surface area contributed by atoms with Gasteiger partial charge in [0.05, 0.1) is 6.61 Å². The molecule has 23 heavy (non-hydrogen) atoms. The summed E-state index contributed by atoms with van der Waals surface area (Å²) in [6.45, 7) is 2.79. The van der Waals surface area contributed by atoms with Gasteiger partial charge in [0.1, 0.15) is 0 Å². The molecule has 2 bridgehead atoms. The van der Waals surface area contributed by atoms with Gasteiger partial charge in [-0.25, -0.2) is 0 Å². The largest absolute Gasteiger partial charge is 0.377 e. The predicted molar refractivity (Wildman–Crippen MR) is 96.5 cm³/mol. The summed E-state index contributed by atoms with van der Waals surface area (Å²) in [6.07, 6.45) is 9.68. The van der Waals surface area contributed by atoms with Gasteiger partial charge in [-0.15, -0.1) is 0 Å². The summed E-state index contributed by atoms with van der Waals surface area (Å²) in [5, 5.41) is 0. The Hall–Kier alpha value is -0.860. The minimum absolute atomic E-state index is 0.760. The molecule has 128 valence electrons. The Bertz CT molecular complexity index is 467. The maximum atomic E-state index is 5.80. The Morgan fingerprint density at radius 2 is 1.78 bits per heavy atom. The van der Waals surface area contributed by atoms with Crippen molar-refractivity contribution in [2.45, 2.75) is 51.6 Å². The first-order valence-corrected chi connectivity index (χ1v) is 9.51. The Kier molecular flexibility index (Phi) is 6.13. The Morgan fingerprint density at radius 1 is 1.00 bits per heavy atom. The lowest BCUT2D eigenvalue weighted by Gasteiger charge is -2.21. The summed E-state index contributed by atoms with van der Waals surface area (Å²) in [5.41, 5.74) is 2.84. The molecule has 0 saturated heterocycles. The molecule has 2 aliphatic carbocycles. The number of hydrogen-bond donors (Lipinski definition) is 0. The van der Waals surface area contributed by atoms with Crippen molar-refractivity contribution in [3.63, 3.8) is 0 Å². The molecule has 2 aliphatic rings. The van der Waals surface area contributed by atoms with Crippen LogP contribution in [0.5, 0.6) is 0 Å². The van der Waals surface area contributed by atoms with Crippen molar-refractivity contribution >= 4 is 0 Å². The summed E-state index contributed by atoms with van der Waals surface area (Å²) in [6, 6.07) is 9.19. The summed E-state index contributed by atoms with van der Waals surface area (Å²) < 4.78 is 5.80. The normalized spacial score (nSPS) is 26.3. The van der Waals surface area contributed by atoms with Gasteiger partial charge in [0, 0.05) is 6.61 Å². The summed E-state index contributed by atoms with van der Waals surface area (Å²) in [7, 11) is 4.25. The van der Waals surface area contributed by atoms with E-state index in [0.29, 0.717) is 0 Å². The van der Waals surface area contributed by atoms with E-state index in [9.17, 15) is 0 Å². The zero-order chi connectivity index (χ0) is 16.1. The predicted octanol–water partition coefficient (Wildman–Crippen LogP) is 4.52. The molecular formula is C21H33NO. The molecule has 2 heteroatoms. The van der Waals surface area contributed by atoms with Crippen LogP contribution < -0.4 is 0 Å². The minimum Gasteiger partial charge on any atom is -0.377 e. The lowest BCUT2D eigenvalue weighted by atomic mass is 9.84. The maximum Gasteiger partial charge on any atom is 0.0716 e. The highest BCUT2D eigenvalue weighted by atomic mass is 16.5. The van der Waals surface area contributed by atoms with Crippen molar-refractivity contribution in [3.05, 3.63) is 35.4 Å². The van der Waals surface area contributed by atoms with Gasteiger partial charge in [-0.3, -0.25) is 0 Å². The summed E-state index contributed by atoms with van der Waals surface area (Å²) >= 11 is 0. The van der Waals surface area contributed by atoms with Crippen molar-refractivity contribution in [3.8, 4) is 0 Å². The highest BCUT2D eigenvalue weighted by Crippen LogP contribution is 2.49. The lowest BCUT2D eigenvalue weighted by Crippen LogP contribution is -2.13. The van der Waals surface area contributed by atoms with Gasteiger partial charge in [-0.05, 0) is 88.0 Å². The maximum absolute atomic E-state index is 5.80. The zero-order valence-electron chi connectivity index (χ0n) is 15.0. The molecule has 2 nitrogen and oxygen atoms in total. The fourth-order valence-electron chi connectivity index (χ4n) is 4.52. The fourth-order valence-corrected chi connectivity index (χ4v) is 4.52. The van der Waals surface area contributed by atoms with Crippen molar-refractivity contribution in [1.29, 1.82) is 0 Å². The molecule has 0 heterocycles. The average molecular weight is 316 g/mol. The minimum atomic E-state index is 0.760. The zero-order valence-corrected chi connectivity index (χ0v) is 15.0. The molecule has 0 spiro atoms. The molecule has 2 saturated carbocycles. The average Bonchev–Trinajstić information content (AvgIpc) is 3.15. The monoisotopic (exact) mass is 315 g/mol. The Labute approximate surface area is 142 Å². The first-order chi connectivity index (χ1) is 11.2. The number of benzene rings is 1. The van der Waals surface area contributed by atoms with Crippen LogP contribution in [-0.4, -0.2) is 32.1 Å². The second kappa shape index (κ2) is 8.30. The second-order valence-electron chi connectivity index (χ2n) is 8.02. The van der Waals surface area contributed by atoms with Crippen LogP contribution in [0.2, 0.25) is 0 Å². The Morgan fingerprint density at radius 3 is 2.43 bits per heavy atom. The van der Waals surface area contributed by atoms with E-state index in [2.05, 4.69) is 43.3 Å². The number of ether oxygens (including phenoxy) is 1. The lowest BCUT2D eigenvalue weighted by molar-refractivity contribution is 0.115. The molecule has 3 rings (SSSR count). The standard InChI is InChI=1S/C21H33NO/c1-22(2)11-3-4-12-23-16-18-7-5-17(6-8-18)13-21-15-19-9-10-20(21)14-19/h5-8,19-21H,3-4,9-16H2,1-2H3. The third-order valence-corrected chi connectivity index (χ3v) is 5.82. The molecule has 1 aromatic carbocycles. The third-order valence-electron chi connectivity index (χ3n) is 5.82. The number of fused-ring (bicyclic) bond motifs is 2. The van der Waals surface area contributed by atoms with E-state index in [1.54, 1.807) is 0 Å². The molecular weight excluding hydrogens is 282 g/mol. The SMILES string of the molecule is CN(C)CCCCOCc1ccc(CC2CC3CCC2C3)cc1. The van der Waals surface area contributed by atoms with Crippen molar-refractivity contribution in [2.24, 2.45) is 17.8 Å². The first-order valence-electron chi connectivity index (χ1n) is 9.51. The van der Waals surface area contributed by atoms with Gasteiger partial charge in [0.2, 0.25) is 0 Å². The van der Waals surface area contributed by atoms with Gasteiger partial charge >= 0.3 is 0 Å². The van der Waals surface area contributed by atoms with Crippen LogP contribution in [0.3, 0.4) is 0 Å². The van der Waals surface area contributed by atoms with Crippen molar-refractivity contribution in [2.75, 3.05) is 27.2 Å². The number of rotatable bonds is 9. The number of hydrogen-bond acceptors (Lipinski definition) is 2. The third kappa shape index (κ3) is 5.06. The van der Waals surface area contributed by atoms with Gasteiger partial charge < -0.3 is 9.64 Å². The molecule has 0 radical (unpaired) electrons. The fraction of sp³-hybridized carbons (Fsp3) is 0.714. The summed E-state index contributed by atoms with van der Waals surface area (Å²) in [5.74, 6) is 3.06. The Balaban J connectivity index is 1.34. The van der Waals surface area contributed by atoms with E-state index in [0.717, 1.165) is 43.9 Å². The highest BCUT2D eigenvalue weighted by molar-refractivity contribution is 5.23. The van der Waals surface area contributed by atoms with E-state index >= 15 is 0 Å². The van der Waals surface area contributed by atoms with E-state index in [1.807, 2.05) is 0 Å². The molecule has 3 atom stereocenters. The number of nitrogens with zero attached hydrogens (tertiary/aromatic N) is 1. The van der Waals surface area contributed by atoms with Gasteiger partial charge in [0.25, 0.3) is 0 Å². The van der Waals surface area contributed by atoms with Crippen LogP contribution in [0.25, 0.3) is 0 Å². The van der Waals surface area contributed by atoms with Crippen LogP contribution >= 0.6 is 0 Å². The highest BCUT2D eigenvalue weighted by Gasteiger charge is 2.38. The van der Waals surface area contributed by atoms with Crippen LogP contribution in [0.4, 0.5) is 0 Å². The molecule has 0 amide bonds. The van der Waals surface area contributed by atoms with Gasteiger partial charge in [-0.2, -0.15) is 0 Å². The molecule has 0 aromatic heterocycles. The van der Waals surface area contributed by atoms with E-state index in [4.69, 9.17) is 4.74 Å². The number of unbranched alkanes of at least 4 members (excludes halogenated alkanes) is 1. The van der Waals surface area contributed by atoms with Gasteiger partial charge in [-0.1, -0.05) is 30.7 Å². The molecule has 1 aromatic rings. The smallest absolute Gasteiger partial charge is 0.0716 e. The van der Waals surface area contributed by atoms with Crippen molar-refractivity contribution < 1.29 is 4.74 Å². The van der Waals surface area contributed by atoms with E-state index < -0.39 is 0 Å². The molecule has 0 N–H and O–H groups in total. The van der Waals surface area contributed by atoms with E-state index in [1.165, 1.54) is 49.7 Å². The second-order valence-corrected chi connectivity index (χ2v) is 8.02.